The molecule has 0 aromatic heterocycles. The van der Waals surface area contributed by atoms with Crippen LogP contribution in [0.15, 0.2) is 21.5 Å². The zero-order valence-electron chi connectivity index (χ0n) is 5.90. The Kier molecular flexibility index (Phi) is 3.10. The van der Waals surface area contributed by atoms with Gasteiger partial charge in [0.05, 0.1) is 10.7 Å². The van der Waals surface area contributed by atoms with Gasteiger partial charge in [0.15, 0.2) is 0 Å². The smallest absolute Gasteiger partial charge is 0.0771 e. The number of rotatable bonds is 1. The molecule has 0 saturated carbocycles. The highest BCUT2D eigenvalue weighted by Gasteiger charge is 2.03. The van der Waals surface area contributed by atoms with Crippen LogP contribution in [-0.2, 0) is 0 Å². The highest BCUT2D eigenvalue weighted by molar-refractivity contribution is 9.10. The third-order valence-corrected chi connectivity index (χ3v) is 3.01. The van der Waals surface area contributed by atoms with E-state index >= 15 is 0 Å². The SMILES string of the molecule is CSc1cc(Br)cc(N)c1Cl. The van der Waals surface area contributed by atoms with Crippen LogP contribution >= 0.6 is 39.3 Å². The quantitative estimate of drug-likeness (QED) is 0.612. The number of nitrogens with two attached hydrogens (primary N) is 1. The van der Waals surface area contributed by atoms with Gasteiger partial charge in [-0.2, -0.15) is 0 Å². The van der Waals surface area contributed by atoms with Crippen LogP contribution in [0, 0.1) is 0 Å². The Morgan fingerprint density at radius 1 is 1.55 bits per heavy atom. The molecule has 4 heteroatoms. The van der Waals surface area contributed by atoms with Crippen LogP contribution in [0.25, 0.3) is 0 Å². The minimum atomic E-state index is 0.616. The second-order valence-electron chi connectivity index (χ2n) is 2.01. The van der Waals surface area contributed by atoms with Gasteiger partial charge in [-0.15, -0.1) is 11.8 Å². The summed E-state index contributed by atoms with van der Waals surface area (Å²) in [5.74, 6) is 0. The van der Waals surface area contributed by atoms with Crippen molar-refractivity contribution in [3.8, 4) is 0 Å². The van der Waals surface area contributed by atoms with Crippen LogP contribution in [0.2, 0.25) is 5.02 Å². The van der Waals surface area contributed by atoms with Crippen LogP contribution in [-0.4, -0.2) is 6.26 Å². The first kappa shape index (κ1) is 9.23. The van der Waals surface area contributed by atoms with Gasteiger partial charge in [0, 0.05) is 9.37 Å². The summed E-state index contributed by atoms with van der Waals surface area (Å²) in [7, 11) is 0. The summed E-state index contributed by atoms with van der Waals surface area (Å²) in [6.07, 6.45) is 1.97. The number of anilines is 1. The molecule has 0 spiro atoms. The van der Waals surface area contributed by atoms with E-state index in [1.165, 1.54) is 0 Å². The monoisotopic (exact) mass is 251 g/mol. The third-order valence-electron chi connectivity index (χ3n) is 1.25. The zero-order valence-corrected chi connectivity index (χ0v) is 9.05. The molecule has 11 heavy (non-hydrogen) atoms. The van der Waals surface area contributed by atoms with Crippen molar-refractivity contribution < 1.29 is 0 Å². The molecule has 1 aromatic carbocycles. The van der Waals surface area contributed by atoms with E-state index in [0.717, 1.165) is 9.37 Å². The highest BCUT2D eigenvalue weighted by atomic mass is 79.9. The fourth-order valence-electron chi connectivity index (χ4n) is 0.733. The Labute approximate surface area is 83.4 Å². The van der Waals surface area contributed by atoms with Gasteiger partial charge in [0.1, 0.15) is 0 Å². The largest absolute Gasteiger partial charge is 0.397 e. The molecule has 1 aromatic rings. The fraction of sp³-hybridized carbons (Fsp3) is 0.143. The normalized spacial score (nSPS) is 10.1. The molecule has 0 aliphatic rings. The van der Waals surface area contributed by atoms with Gasteiger partial charge in [-0.3, -0.25) is 0 Å². The van der Waals surface area contributed by atoms with Gasteiger partial charge >= 0.3 is 0 Å². The van der Waals surface area contributed by atoms with E-state index in [1.807, 2.05) is 12.3 Å². The molecule has 2 N–H and O–H groups in total. The van der Waals surface area contributed by atoms with Gasteiger partial charge < -0.3 is 5.73 Å². The molecule has 0 amide bonds. The van der Waals surface area contributed by atoms with Crippen LogP contribution in [0.5, 0.6) is 0 Å². The lowest BCUT2D eigenvalue weighted by Gasteiger charge is -2.03. The summed E-state index contributed by atoms with van der Waals surface area (Å²) in [6.45, 7) is 0. The second kappa shape index (κ2) is 3.70. The van der Waals surface area contributed by atoms with Gasteiger partial charge in [-0.1, -0.05) is 27.5 Å². The molecule has 1 rings (SSSR count). The van der Waals surface area contributed by atoms with E-state index < -0.39 is 0 Å². The molecule has 0 bridgehead atoms. The average molecular weight is 253 g/mol. The Bertz CT molecular complexity index is 277. The highest BCUT2D eigenvalue weighted by Crippen LogP contribution is 2.33. The van der Waals surface area contributed by atoms with E-state index in [4.69, 9.17) is 17.3 Å². The number of thioether (sulfide) groups is 1. The first-order valence-electron chi connectivity index (χ1n) is 2.93. The van der Waals surface area contributed by atoms with Crippen molar-refractivity contribution in [3.63, 3.8) is 0 Å². The summed E-state index contributed by atoms with van der Waals surface area (Å²) in [5.41, 5.74) is 6.24. The Morgan fingerprint density at radius 3 is 2.73 bits per heavy atom. The Hall–Kier alpha value is 0.140. The van der Waals surface area contributed by atoms with Crippen molar-refractivity contribution in [2.75, 3.05) is 12.0 Å². The van der Waals surface area contributed by atoms with Crippen molar-refractivity contribution >= 4 is 45.0 Å². The number of hydrogen-bond acceptors (Lipinski definition) is 2. The zero-order chi connectivity index (χ0) is 8.43. The van der Waals surface area contributed by atoms with Crippen LogP contribution in [0.1, 0.15) is 0 Å². The Morgan fingerprint density at radius 2 is 2.18 bits per heavy atom. The topological polar surface area (TPSA) is 26.0 Å². The van der Waals surface area contributed by atoms with Crippen molar-refractivity contribution in [1.29, 1.82) is 0 Å². The molecule has 0 unspecified atom stereocenters. The van der Waals surface area contributed by atoms with Crippen LogP contribution < -0.4 is 5.73 Å². The van der Waals surface area contributed by atoms with Crippen molar-refractivity contribution in [2.45, 2.75) is 4.90 Å². The predicted molar refractivity (Wildman–Crippen MR) is 55.3 cm³/mol. The standard InChI is InChI=1S/C7H7BrClNS/c1-11-6-3-4(8)2-5(10)7(6)9/h2-3H,10H2,1H3. The van der Waals surface area contributed by atoms with E-state index in [9.17, 15) is 0 Å². The van der Waals surface area contributed by atoms with Crippen molar-refractivity contribution in [3.05, 3.63) is 21.6 Å². The molecule has 60 valence electrons. The molecule has 0 radical (unpaired) electrons. The van der Waals surface area contributed by atoms with Crippen LogP contribution in [0.3, 0.4) is 0 Å². The molecule has 0 saturated heterocycles. The molecule has 1 nitrogen and oxygen atoms in total. The average Bonchev–Trinajstić information content (AvgIpc) is 1.96. The lowest BCUT2D eigenvalue weighted by atomic mass is 10.3. The molecular weight excluding hydrogens is 246 g/mol. The summed E-state index contributed by atoms with van der Waals surface area (Å²) in [4.78, 5) is 0.999. The molecule has 0 heterocycles. The third kappa shape index (κ3) is 2.04. The molecule has 0 aliphatic heterocycles. The van der Waals surface area contributed by atoms with Gasteiger partial charge in [-0.05, 0) is 18.4 Å². The van der Waals surface area contributed by atoms with Gasteiger partial charge in [0.2, 0.25) is 0 Å². The van der Waals surface area contributed by atoms with E-state index in [1.54, 1.807) is 17.8 Å². The maximum absolute atomic E-state index is 5.90. The van der Waals surface area contributed by atoms with Crippen LogP contribution in [0.4, 0.5) is 5.69 Å². The number of hydrogen-bond donors (Lipinski definition) is 1. The summed E-state index contributed by atoms with van der Waals surface area (Å²) >= 11 is 10.8. The molecule has 0 atom stereocenters. The maximum atomic E-state index is 5.90. The van der Waals surface area contributed by atoms with Gasteiger partial charge in [-0.25, -0.2) is 0 Å². The number of nitrogen functional groups attached to an aromatic ring is 1. The maximum Gasteiger partial charge on any atom is 0.0771 e. The molecular formula is C7H7BrClNS. The first-order valence-corrected chi connectivity index (χ1v) is 5.33. The van der Waals surface area contributed by atoms with E-state index in [-0.39, 0.29) is 0 Å². The Balaban J connectivity index is 3.24. The number of benzene rings is 1. The first-order chi connectivity index (χ1) is 5.15. The fourth-order valence-corrected chi connectivity index (χ4v) is 2.24. The van der Waals surface area contributed by atoms with E-state index in [0.29, 0.717) is 10.7 Å². The summed E-state index contributed by atoms with van der Waals surface area (Å²) in [6, 6.07) is 3.74. The van der Waals surface area contributed by atoms with Gasteiger partial charge in [0.25, 0.3) is 0 Å². The predicted octanol–water partition coefficient (Wildman–Crippen LogP) is 3.41. The number of halogens is 2. The van der Waals surface area contributed by atoms with Crippen molar-refractivity contribution in [2.24, 2.45) is 0 Å². The minimum absolute atomic E-state index is 0.616. The summed E-state index contributed by atoms with van der Waals surface area (Å²) in [5, 5.41) is 0.640. The molecule has 0 fully saturated rings. The lowest BCUT2D eigenvalue weighted by Crippen LogP contribution is -1.87. The summed E-state index contributed by atoms with van der Waals surface area (Å²) < 4.78 is 0.962. The lowest BCUT2D eigenvalue weighted by molar-refractivity contribution is 1.44. The second-order valence-corrected chi connectivity index (χ2v) is 4.15. The van der Waals surface area contributed by atoms with Crippen molar-refractivity contribution in [1.82, 2.24) is 0 Å². The van der Waals surface area contributed by atoms with E-state index in [2.05, 4.69) is 15.9 Å². The minimum Gasteiger partial charge on any atom is -0.397 e. The molecule has 0 aliphatic carbocycles.